The second-order valence-corrected chi connectivity index (χ2v) is 9.47. The summed E-state index contributed by atoms with van der Waals surface area (Å²) in [7, 11) is 0. The van der Waals surface area contributed by atoms with Gasteiger partial charge in [0, 0.05) is 11.4 Å². The third kappa shape index (κ3) is 4.60. The number of amides is 1. The van der Waals surface area contributed by atoms with Gasteiger partial charge in [-0.15, -0.1) is 0 Å². The number of aryl methyl sites for hydroxylation is 2. The highest BCUT2D eigenvalue weighted by Gasteiger charge is 2.15. The Hall–Kier alpha value is -2.82. The fraction of sp³-hybridized carbons (Fsp3) is 0.143. The highest BCUT2D eigenvalue weighted by molar-refractivity contribution is 7.99. The van der Waals surface area contributed by atoms with Crippen molar-refractivity contribution in [3.63, 3.8) is 0 Å². The molecule has 2 N–H and O–H groups in total. The zero-order chi connectivity index (χ0) is 22.1. The molecule has 4 aromatic rings. The smallest absolute Gasteiger partial charge is 0.271 e. The number of nitrogens with zero attached hydrogens (tertiary/aromatic N) is 2. The molecule has 10 heteroatoms. The molecule has 6 nitrogen and oxygen atoms in total. The lowest BCUT2D eigenvalue weighted by molar-refractivity contribution is -0.113. The molecule has 31 heavy (non-hydrogen) atoms. The van der Waals surface area contributed by atoms with Gasteiger partial charge in [0.1, 0.15) is 10.5 Å². The Morgan fingerprint density at radius 3 is 2.74 bits per heavy atom. The number of hydrogen-bond acceptors (Lipinski definition) is 6. The van der Waals surface area contributed by atoms with Gasteiger partial charge < -0.3 is 10.3 Å². The summed E-state index contributed by atoms with van der Waals surface area (Å²) in [5.41, 5.74) is 3.23. The number of rotatable bonds is 5. The van der Waals surface area contributed by atoms with E-state index in [1.165, 1.54) is 23.5 Å². The molecular formula is C21H17FN4O2S3. The Morgan fingerprint density at radius 1 is 1.26 bits per heavy atom. The van der Waals surface area contributed by atoms with Crippen LogP contribution in [0.5, 0.6) is 0 Å². The second kappa shape index (κ2) is 8.74. The van der Waals surface area contributed by atoms with Crippen molar-refractivity contribution in [1.82, 2.24) is 14.5 Å². The molecule has 0 aliphatic carbocycles. The molecule has 2 heterocycles. The monoisotopic (exact) mass is 472 g/mol. The van der Waals surface area contributed by atoms with E-state index in [4.69, 9.17) is 12.2 Å². The van der Waals surface area contributed by atoms with E-state index >= 15 is 0 Å². The quantitative estimate of drug-likeness (QED) is 0.243. The van der Waals surface area contributed by atoms with E-state index in [1.54, 1.807) is 17.6 Å². The molecule has 0 unspecified atom stereocenters. The number of H-pyrrole nitrogens is 1. The molecule has 0 atom stereocenters. The molecule has 0 aliphatic rings. The Balaban J connectivity index is 1.60. The predicted molar refractivity (Wildman–Crippen MR) is 126 cm³/mol. The summed E-state index contributed by atoms with van der Waals surface area (Å²) in [6.45, 7) is 3.77. The number of halogens is 1. The van der Waals surface area contributed by atoms with Gasteiger partial charge in [0.05, 0.1) is 5.75 Å². The van der Waals surface area contributed by atoms with Gasteiger partial charge in [-0.25, -0.2) is 9.37 Å². The van der Waals surface area contributed by atoms with Crippen molar-refractivity contribution in [3.05, 3.63) is 73.7 Å². The van der Waals surface area contributed by atoms with Crippen molar-refractivity contribution >= 4 is 57.3 Å². The summed E-state index contributed by atoms with van der Waals surface area (Å²) in [6, 6.07) is 12.0. The Morgan fingerprint density at radius 2 is 2.00 bits per heavy atom. The average Bonchev–Trinajstić information content (AvgIpc) is 3.06. The highest BCUT2D eigenvalue weighted by atomic mass is 32.2. The number of thioether (sulfide) groups is 1. The molecule has 4 rings (SSSR count). The van der Waals surface area contributed by atoms with E-state index in [-0.39, 0.29) is 17.2 Å². The third-order valence-corrected chi connectivity index (χ3v) is 6.76. The maximum atomic E-state index is 13.4. The molecular weight excluding hydrogens is 455 g/mol. The van der Waals surface area contributed by atoms with Gasteiger partial charge in [-0.2, -0.15) is 0 Å². The summed E-state index contributed by atoms with van der Waals surface area (Å²) in [4.78, 5) is 32.1. The molecule has 158 valence electrons. The number of aromatic amines is 1. The van der Waals surface area contributed by atoms with E-state index in [9.17, 15) is 14.0 Å². The number of thiazole rings is 1. The Bertz CT molecular complexity index is 1410. The molecule has 0 saturated carbocycles. The third-order valence-electron chi connectivity index (χ3n) is 4.53. The van der Waals surface area contributed by atoms with Gasteiger partial charge in [-0.05, 0) is 55.9 Å². The van der Waals surface area contributed by atoms with Crippen molar-refractivity contribution in [1.29, 1.82) is 0 Å². The lowest BCUT2D eigenvalue weighted by Crippen LogP contribution is -2.16. The van der Waals surface area contributed by atoms with Crippen molar-refractivity contribution in [2.45, 2.75) is 19.0 Å². The molecule has 0 bridgehead atoms. The first-order chi connectivity index (χ1) is 14.8. The highest BCUT2D eigenvalue weighted by Crippen LogP contribution is 2.25. The number of carbonyl (C=O) groups excluding carboxylic acids is 1. The molecule has 0 saturated heterocycles. The van der Waals surface area contributed by atoms with Crippen LogP contribution in [0.2, 0.25) is 0 Å². The first kappa shape index (κ1) is 21.4. The minimum atomic E-state index is -0.428. The van der Waals surface area contributed by atoms with E-state index in [2.05, 4.69) is 15.3 Å². The van der Waals surface area contributed by atoms with E-state index in [0.29, 0.717) is 25.1 Å². The number of fused-ring (bicyclic) bond motifs is 1. The lowest BCUT2D eigenvalue weighted by atomic mass is 10.2. The SMILES string of the molecule is Cc1ccc(-n2c(=S)sc3c(=O)[nH]c(SCC(=O)Nc4cc(F)ccc4C)nc32)cc1. The second-order valence-electron chi connectivity index (χ2n) is 6.86. The van der Waals surface area contributed by atoms with Crippen LogP contribution >= 0.6 is 35.3 Å². The van der Waals surface area contributed by atoms with E-state index < -0.39 is 5.82 Å². The molecule has 2 aromatic carbocycles. The molecule has 0 spiro atoms. The molecule has 0 radical (unpaired) electrons. The van der Waals surface area contributed by atoms with Crippen LogP contribution in [-0.2, 0) is 4.79 Å². The van der Waals surface area contributed by atoms with Crippen LogP contribution < -0.4 is 10.9 Å². The summed E-state index contributed by atoms with van der Waals surface area (Å²) < 4.78 is 16.1. The number of anilines is 1. The molecule has 0 aliphatic heterocycles. The zero-order valence-electron chi connectivity index (χ0n) is 16.6. The van der Waals surface area contributed by atoms with E-state index in [0.717, 1.165) is 28.6 Å². The van der Waals surface area contributed by atoms with Crippen LogP contribution in [0, 0.1) is 23.6 Å². The first-order valence-corrected chi connectivity index (χ1v) is 11.4. The maximum absolute atomic E-state index is 13.4. The van der Waals surface area contributed by atoms with Crippen molar-refractivity contribution in [3.8, 4) is 5.69 Å². The normalized spacial score (nSPS) is 11.1. The summed E-state index contributed by atoms with van der Waals surface area (Å²) in [6.07, 6.45) is 0. The van der Waals surface area contributed by atoms with Crippen molar-refractivity contribution in [2.24, 2.45) is 0 Å². The Kier molecular flexibility index (Phi) is 6.03. The average molecular weight is 473 g/mol. The van der Waals surface area contributed by atoms with Crippen LogP contribution in [0.3, 0.4) is 0 Å². The number of hydrogen-bond donors (Lipinski definition) is 2. The van der Waals surface area contributed by atoms with Gasteiger partial charge in [-0.1, -0.05) is 46.9 Å². The molecule has 1 amide bonds. The van der Waals surface area contributed by atoms with Gasteiger partial charge >= 0.3 is 0 Å². The van der Waals surface area contributed by atoms with Gasteiger partial charge in [0.25, 0.3) is 5.56 Å². The summed E-state index contributed by atoms with van der Waals surface area (Å²) in [5.74, 6) is -0.759. The minimum absolute atomic E-state index is 0.000197. The summed E-state index contributed by atoms with van der Waals surface area (Å²) >= 11 is 7.74. The fourth-order valence-electron chi connectivity index (χ4n) is 2.93. The predicted octanol–water partition coefficient (Wildman–Crippen LogP) is 4.99. The van der Waals surface area contributed by atoms with Crippen LogP contribution in [0.1, 0.15) is 11.1 Å². The topological polar surface area (TPSA) is 79.8 Å². The largest absolute Gasteiger partial charge is 0.325 e. The van der Waals surface area contributed by atoms with Crippen LogP contribution in [0.4, 0.5) is 10.1 Å². The Labute approximate surface area is 190 Å². The van der Waals surface area contributed by atoms with Crippen molar-refractivity contribution in [2.75, 3.05) is 11.1 Å². The maximum Gasteiger partial charge on any atom is 0.271 e. The molecule has 0 fully saturated rings. The van der Waals surface area contributed by atoms with Crippen LogP contribution in [-0.4, -0.2) is 26.2 Å². The number of aromatic nitrogens is 3. The van der Waals surface area contributed by atoms with Crippen LogP contribution in [0.25, 0.3) is 16.0 Å². The van der Waals surface area contributed by atoms with Crippen LogP contribution in [0.15, 0.2) is 52.4 Å². The number of carbonyl (C=O) groups is 1. The number of benzene rings is 2. The number of nitrogens with one attached hydrogen (secondary N) is 2. The minimum Gasteiger partial charge on any atom is -0.325 e. The van der Waals surface area contributed by atoms with Gasteiger partial charge in [-0.3, -0.25) is 14.2 Å². The van der Waals surface area contributed by atoms with Gasteiger partial charge in [0.15, 0.2) is 14.8 Å². The standard InChI is InChI=1S/C21H17FN4O2S3/c1-11-3-7-14(8-4-11)26-18-17(31-21(26)29)19(28)25-20(24-18)30-10-16(27)23-15-9-13(22)6-5-12(15)2/h3-9H,10H2,1-2H3,(H,23,27)(H,24,25,28). The summed E-state index contributed by atoms with van der Waals surface area (Å²) in [5, 5.41) is 2.98. The lowest BCUT2D eigenvalue weighted by Gasteiger charge is -2.08. The van der Waals surface area contributed by atoms with E-state index in [1.807, 2.05) is 31.2 Å². The zero-order valence-corrected chi connectivity index (χ0v) is 19.0. The van der Waals surface area contributed by atoms with Gasteiger partial charge in [0.2, 0.25) is 5.91 Å². The first-order valence-electron chi connectivity index (χ1n) is 9.23. The molecule has 2 aromatic heterocycles. The fourth-order valence-corrected chi connectivity index (χ4v) is 4.86. The van der Waals surface area contributed by atoms with Crippen molar-refractivity contribution < 1.29 is 9.18 Å².